The number of carbonyl (C=O) groups is 3. The molecule has 68 heavy (non-hydrogen) atoms. The van der Waals surface area contributed by atoms with Gasteiger partial charge in [0.15, 0.2) is 5.82 Å². The number of nitrogens with zero attached hydrogens (tertiary/aromatic N) is 6. The molecule has 0 spiro atoms. The van der Waals surface area contributed by atoms with Crippen LogP contribution in [0, 0.1) is 11.6 Å². The number of aromatic nitrogens is 2. The molecule has 0 radical (unpaired) electrons. The van der Waals surface area contributed by atoms with Gasteiger partial charge in [-0.3, -0.25) is 24.0 Å². The van der Waals surface area contributed by atoms with Gasteiger partial charge in [-0.25, -0.2) is 18.2 Å². The molecule has 0 bridgehead atoms. The Labute approximate surface area is 391 Å². The Balaban J connectivity index is 0.691. The molecule has 3 saturated heterocycles. The number of ether oxygens (including phenoxy) is 1. The lowest BCUT2D eigenvalue weighted by Crippen LogP contribution is -2.54. The first-order chi connectivity index (χ1) is 32.7. The normalized spacial score (nSPS) is 23.5. The van der Waals surface area contributed by atoms with Gasteiger partial charge < -0.3 is 34.8 Å². The number of alkyl halides is 1. The molecule has 2 aromatic heterocycles. The minimum atomic E-state index is -4.36. The fraction of sp³-hybridized carbons (Fsp3) is 0.417. The molecule has 4 N–H and O–H groups in total. The molecule has 5 aromatic rings. The van der Waals surface area contributed by atoms with Gasteiger partial charge in [-0.1, -0.05) is 12.1 Å². The molecule has 2 amide bonds. The van der Waals surface area contributed by atoms with Gasteiger partial charge in [0.25, 0.3) is 5.91 Å². The highest BCUT2D eigenvalue weighted by Crippen LogP contribution is 2.35. The number of likely N-dealkylation sites (N-methyl/N-ethyl adjacent to an activating group) is 1. The number of aliphatic hydroxyl groups is 1. The van der Waals surface area contributed by atoms with E-state index in [9.17, 15) is 32.3 Å². The fourth-order valence-electron chi connectivity index (χ4n) is 9.91. The van der Waals surface area contributed by atoms with E-state index in [0.717, 1.165) is 85.4 Å². The Morgan fingerprint density at radius 3 is 2.49 bits per heavy atom. The smallest absolute Gasteiger partial charge is 0.301 e. The van der Waals surface area contributed by atoms with Gasteiger partial charge >= 0.3 is 10.2 Å². The number of benzene rings is 3. The van der Waals surface area contributed by atoms with Crippen molar-refractivity contribution in [3.63, 3.8) is 0 Å². The molecule has 2 unspecified atom stereocenters. The van der Waals surface area contributed by atoms with Crippen LogP contribution in [0.1, 0.15) is 63.9 Å². The third-order valence-electron chi connectivity index (χ3n) is 14.1. The number of piperazine rings is 1. The fourth-order valence-corrected chi connectivity index (χ4v) is 11.2. The maximum atomic E-state index is 15.7. The molecule has 1 aliphatic carbocycles. The SMILES string of the molecule is CN(CCN1CCN(c2ccc3c(c2)CN(C2CCC(O)NC2=O)C3=O)CC1)C1CC(Oc2ccc(-c3cnc4[nH]cc(C(=O)c5c(F)ccc(NS(=O)(=O)N6CC[C@@H](F)C6)c5F)c4c3)cc2)C1. The molecule has 16 nitrogen and oxygen atoms in total. The molecule has 20 heteroatoms. The number of ketones is 1. The predicted molar refractivity (Wildman–Crippen MR) is 247 cm³/mol. The summed E-state index contributed by atoms with van der Waals surface area (Å²) in [6.07, 6.45) is 3.44. The van der Waals surface area contributed by atoms with E-state index < -0.39 is 57.3 Å². The van der Waals surface area contributed by atoms with Crippen LogP contribution in [-0.2, 0) is 21.5 Å². The van der Waals surface area contributed by atoms with Crippen molar-refractivity contribution in [1.29, 1.82) is 0 Å². The number of H-pyrrole nitrogens is 1. The minimum absolute atomic E-state index is 0.000790. The van der Waals surface area contributed by atoms with Crippen molar-refractivity contribution in [2.24, 2.45) is 0 Å². The number of hydrogen-bond acceptors (Lipinski definition) is 11. The summed E-state index contributed by atoms with van der Waals surface area (Å²) in [5.41, 5.74) is 2.74. The second kappa shape index (κ2) is 18.4. The summed E-state index contributed by atoms with van der Waals surface area (Å²) in [6, 6.07) is 16.7. The van der Waals surface area contributed by atoms with Crippen LogP contribution in [0.4, 0.5) is 24.5 Å². The zero-order valence-electron chi connectivity index (χ0n) is 37.3. The van der Waals surface area contributed by atoms with E-state index in [4.69, 9.17) is 4.74 Å². The standard InChI is InChI=1S/C48H52F3N9O7S/c1-56(14-15-57-16-18-58(19-17-57)32-4-7-36-30(20-32)26-60(48(36)64)41-10-11-42(61)54-47(41)63)33-22-35(23-33)67-34-5-2-28(3-6-34)29-21-37-38(25-53-46(37)52-24-29)45(62)43-39(50)8-9-40(44(43)51)55-68(65,66)59-13-12-31(49)27-59/h2-9,20-21,24-25,31,33,35,41-42,55,61H,10-19,22-23,26-27H2,1H3,(H,52,53)(H,54,63)/t31-,33?,35?,41?,42?/m1/s1. The van der Waals surface area contributed by atoms with Crippen molar-refractivity contribution in [3.05, 3.63) is 107 Å². The van der Waals surface area contributed by atoms with Crippen molar-refractivity contribution in [1.82, 2.24) is 34.3 Å². The lowest BCUT2D eigenvalue weighted by molar-refractivity contribution is -0.132. The van der Waals surface area contributed by atoms with E-state index in [1.807, 2.05) is 41.1 Å². The maximum Gasteiger partial charge on any atom is 0.301 e. The number of anilines is 2. The molecule has 4 aliphatic heterocycles. The summed E-state index contributed by atoms with van der Waals surface area (Å²) in [6.45, 7) is 5.38. The largest absolute Gasteiger partial charge is 0.490 e. The van der Waals surface area contributed by atoms with Crippen LogP contribution < -0.4 is 19.7 Å². The van der Waals surface area contributed by atoms with Crippen LogP contribution in [0.25, 0.3) is 22.2 Å². The van der Waals surface area contributed by atoms with Gasteiger partial charge in [0.2, 0.25) is 11.7 Å². The average molecular weight is 956 g/mol. The molecule has 6 heterocycles. The van der Waals surface area contributed by atoms with Crippen LogP contribution in [0.2, 0.25) is 0 Å². The molecule has 358 valence electrons. The van der Waals surface area contributed by atoms with E-state index >= 15 is 8.78 Å². The average Bonchev–Trinajstić information content (AvgIpc) is 4.04. The van der Waals surface area contributed by atoms with Gasteiger partial charge in [0, 0.05) is 118 Å². The maximum absolute atomic E-state index is 15.7. The van der Waals surface area contributed by atoms with E-state index in [-0.39, 0.29) is 43.0 Å². The van der Waals surface area contributed by atoms with Crippen LogP contribution in [-0.4, -0.2) is 150 Å². The monoisotopic (exact) mass is 955 g/mol. The number of rotatable bonds is 14. The van der Waals surface area contributed by atoms with Crippen LogP contribution in [0.15, 0.2) is 73.1 Å². The Hall–Kier alpha value is -6.06. The topological polar surface area (TPSA) is 184 Å². The number of piperidine rings is 1. The Morgan fingerprint density at radius 2 is 1.75 bits per heavy atom. The van der Waals surface area contributed by atoms with Crippen molar-refractivity contribution < 1.29 is 45.8 Å². The third kappa shape index (κ3) is 9.02. The van der Waals surface area contributed by atoms with Gasteiger partial charge in [-0.2, -0.15) is 12.7 Å². The Morgan fingerprint density at radius 1 is 0.971 bits per heavy atom. The summed E-state index contributed by atoms with van der Waals surface area (Å²) < 4.78 is 79.3. The molecular weight excluding hydrogens is 904 g/mol. The molecule has 3 atom stereocenters. The number of carbonyl (C=O) groups excluding carboxylic acids is 3. The van der Waals surface area contributed by atoms with Gasteiger partial charge in [0.05, 0.1) is 11.3 Å². The highest BCUT2D eigenvalue weighted by atomic mass is 32.2. The van der Waals surface area contributed by atoms with E-state index in [1.54, 1.807) is 17.2 Å². The first kappa shape index (κ1) is 45.7. The van der Waals surface area contributed by atoms with E-state index in [1.165, 1.54) is 6.20 Å². The number of aromatic amines is 1. The van der Waals surface area contributed by atoms with Crippen LogP contribution in [0.5, 0.6) is 5.75 Å². The Kier molecular flexibility index (Phi) is 12.4. The molecular formula is C48H52F3N9O7S. The zero-order valence-corrected chi connectivity index (χ0v) is 38.2. The van der Waals surface area contributed by atoms with Gasteiger partial charge in [0.1, 0.15) is 41.8 Å². The van der Waals surface area contributed by atoms with E-state index in [0.29, 0.717) is 53.3 Å². The highest BCUT2D eigenvalue weighted by molar-refractivity contribution is 7.90. The van der Waals surface area contributed by atoms with Crippen molar-refractivity contribution in [3.8, 4) is 16.9 Å². The summed E-state index contributed by atoms with van der Waals surface area (Å²) in [4.78, 5) is 55.6. The predicted octanol–water partition coefficient (Wildman–Crippen LogP) is 4.66. The highest BCUT2D eigenvalue weighted by Gasteiger charge is 2.40. The van der Waals surface area contributed by atoms with Crippen LogP contribution >= 0.6 is 0 Å². The number of nitrogens with one attached hydrogen (secondary N) is 3. The van der Waals surface area contributed by atoms with E-state index in [2.05, 4.69) is 43.1 Å². The molecule has 4 fully saturated rings. The second-order valence-corrected chi connectivity index (χ2v) is 20.0. The molecule has 5 aliphatic rings. The van der Waals surface area contributed by atoms with Crippen molar-refractivity contribution in [2.45, 2.75) is 69.2 Å². The number of halogens is 3. The summed E-state index contributed by atoms with van der Waals surface area (Å²) in [7, 11) is -2.20. The second-order valence-electron chi connectivity index (χ2n) is 18.4. The van der Waals surface area contributed by atoms with Crippen molar-refractivity contribution in [2.75, 3.05) is 69.0 Å². The number of aliphatic hydroxyl groups excluding tert-OH is 1. The van der Waals surface area contributed by atoms with Gasteiger partial charge in [-0.05, 0) is 86.0 Å². The summed E-state index contributed by atoms with van der Waals surface area (Å²) >= 11 is 0. The minimum Gasteiger partial charge on any atom is -0.490 e. The summed E-state index contributed by atoms with van der Waals surface area (Å²) in [5, 5.41) is 12.6. The first-order valence-electron chi connectivity index (χ1n) is 23.0. The number of hydrogen-bond donors (Lipinski definition) is 4. The molecule has 10 rings (SSSR count). The van der Waals surface area contributed by atoms with Crippen LogP contribution in [0.3, 0.4) is 0 Å². The number of fused-ring (bicyclic) bond motifs is 2. The lowest BCUT2D eigenvalue weighted by Gasteiger charge is -2.42. The lowest BCUT2D eigenvalue weighted by atomic mass is 9.88. The Bertz CT molecular complexity index is 2870. The van der Waals surface area contributed by atoms with Crippen molar-refractivity contribution >= 4 is 50.2 Å². The van der Waals surface area contributed by atoms with Gasteiger partial charge in [-0.15, -0.1) is 0 Å². The number of amides is 2. The molecule has 3 aromatic carbocycles. The number of pyridine rings is 1. The summed E-state index contributed by atoms with van der Waals surface area (Å²) in [5.74, 6) is -3.31. The molecule has 1 saturated carbocycles. The first-order valence-corrected chi connectivity index (χ1v) is 24.4. The quantitative estimate of drug-likeness (QED) is 0.114. The third-order valence-corrected chi connectivity index (χ3v) is 15.6. The zero-order chi connectivity index (χ0) is 47.4.